The van der Waals surface area contributed by atoms with Crippen molar-refractivity contribution in [3.8, 4) is 0 Å². The van der Waals surface area contributed by atoms with Crippen molar-refractivity contribution in [3.63, 3.8) is 0 Å². The molecule has 0 radical (unpaired) electrons. The number of hydrogen-bond donors (Lipinski definition) is 5. The van der Waals surface area contributed by atoms with Crippen LogP contribution in [0, 0.1) is 35.5 Å². The molecule has 6 fully saturated rings. The highest BCUT2D eigenvalue weighted by Gasteiger charge is 2.49. The van der Waals surface area contributed by atoms with E-state index < -0.39 is 38.0 Å². The Bertz CT molecular complexity index is 2730. The maximum absolute atomic E-state index is 13.5. The molecule has 6 aliphatic rings. The van der Waals surface area contributed by atoms with Gasteiger partial charge >= 0.3 is 0 Å². The Kier molecular flexibility index (Phi) is 34.2. The van der Waals surface area contributed by atoms with E-state index in [2.05, 4.69) is 53.3 Å². The summed E-state index contributed by atoms with van der Waals surface area (Å²) in [4.78, 5) is 0.596. The van der Waals surface area contributed by atoms with Gasteiger partial charge < -0.3 is 70.6 Å². The third kappa shape index (κ3) is 23.5. The lowest BCUT2D eigenvalue weighted by molar-refractivity contribution is -0.0759. The molecular formula is C73H114N2O16S2. The van der Waals surface area contributed by atoms with E-state index in [1.165, 1.54) is 0 Å². The molecule has 6 heterocycles. The minimum Gasteiger partial charge on any atom is -0.412 e. The number of aliphatic hydroxyl groups excluding tert-OH is 3. The van der Waals surface area contributed by atoms with E-state index in [1.54, 1.807) is 66.7 Å². The smallest absolute Gasteiger partial charge is 0.178 e. The lowest BCUT2D eigenvalue weighted by Crippen LogP contribution is -2.38. The van der Waals surface area contributed by atoms with Crippen LogP contribution in [0.15, 0.2) is 169 Å². The van der Waals surface area contributed by atoms with E-state index in [0.29, 0.717) is 50.6 Å². The van der Waals surface area contributed by atoms with Crippen molar-refractivity contribution in [2.45, 2.75) is 207 Å². The number of benzene rings is 2. The Hall–Kier alpha value is -4.30. The Morgan fingerprint density at radius 3 is 1.32 bits per heavy atom. The van der Waals surface area contributed by atoms with Gasteiger partial charge in [-0.25, -0.2) is 16.8 Å². The Morgan fingerprint density at radius 2 is 0.957 bits per heavy atom. The fraction of sp³-hybridized carbons (Fsp3) is 0.616. The number of rotatable bonds is 32. The van der Waals surface area contributed by atoms with Crippen LogP contribution in [0.2, 0.25) is 0 Å². The SMILES string of the molecule is C.C=CCOC/C=C/[C@H]1CC(=C)C(CC[C@H]2C[C@@H](C)C(=C)[C@@H](CC3O[C@H](C[C@H](O)CN)[C@H](C)[C@H]3CS(=O)(=O)c3ccccc3)O2)O1.C=CCOC/C=C/[C@H]1CC(=C)C(CC[C@H]2C[C@@H](C)C(=C)[C@@H](CC3O[C@H](C[C@H](O)CO)[C@H](C)[C@H]3CS(=O)(=O)c3ccccc3)O2)O1.N.O. The lowest BCUT2D eigenvalue weighted by atomic mass is 9.82. The van der Waals surface area contributed by atoms with Gasteiger partial charge in [0.2, 0.25) is 0 Å². The molecule has 2 aromatic rings. The van der Waals surface area contributed by atoms with Crippen LogP contribution in [0.3, 0.4) is 0 Å². The summed E-state index contributed by atoms with van der Waals surface area (Å²) < 4.78 is 104. The first-order valence-electron chi connectivity index (χ1n) is 32.6. The van der Waals surface area contributed by atoms with Gasteiger partial charge in [-0.3, -0.25) is 0 Å². The van der Waals surface area contributed by atoms with Crippen LogP contribution in [0.5, 0.6) is 0 Å². The number of aliphatic hydroxyl groups is 3. The summed E-state index contributed by atoms with van der Waals surface area (Å²) in [6, 6.07) is 17.1. The van der Waals surface area contributed by atoms with Crippen molar-refractivity contribution in [2.24, 2.45) is 41.2 Å². The molecule has 93 heavy (non-hydrogen) atoms. The summed E-state index contributed by atoms with van der Waals surface area (Å²) in [5, 5.41) is 30.0. The first-order chi connectivity index (χ1) is 43.0. The minimum atomic E-state index is -3.57. The Labute approximate surface area is 557 Å². The topological polar surface area (TPSA) is 295 Å². The highest BCUT2D eigenvalue weighted by atomic mass is 32.2. The average molecular weight is 1340 g/mol. The van der Waals surface area contributed by atoms with Crippen LogP contribution in [-0.4, -0.2) is 174 Å². The second-order valence-corrected chi connectivity index (χ2v) is 30.0. The van der Waals surface area contributed by atoms with Gasteiger partial charge in [0.25, 0.3) is 0 Å². The molecule has 20 heteroatoms. The lowest BCUT2D eigenvalue weighted by Gasteiger charge is -2.38. The quantitative estimate of drug-likeness (QED) is 0.0336. The van der Waals surface area contributed by atoms with E-state index in [9.17, 15) is 32.2 Å². The molecule has 4 unspecified atom stereocenters. The minimum absolute atomic E-state index is 0. The summed E-state index contributed by atoms with van der Waals surface area (Å²) in [5.41, 5.74) is 9.91. The number of sulfone groups is 2. The third-order valence-corrected chi connectivity index (χ3v) is 22.9. The summed E-state index contributed by atoms with van der Waals surface area (Å²) in [6.45, 7) is 34.8. The summed E-state index contributed by atoms with van der Waals surface area (Å²) in [5.74, 6) is -0.392. The largest absolute Gasteiger partial charge is 0.412 e. The molecule has 0 bridgehead atoms. The zero-order chi connectivity index (χ0) is 65.1. The van der Waals surface area contributed by atoms with Gasteiger partial charge in [-0.05, 0) is 109 Å². The molecule has 18 nitrogen and oxygen atoms in total. The standard InChI is InChI=1S/C36H53NO7S.C36H52O8S.CH4.H3N.H2O/c2*1-6-16-41-17-10-11-29-19-25(3)33(42-29)15-14-30-18-24(2)26(4)35(43-30)21-36-32(27(5)34(44-36)20-28(38)22-37)23-45(39,40)31-12-8-7-9-13-31;;;/h6-13,24,27-30,32-36,38H,1,3-4,14-23,37H2,2,5H3;6-13,24,27-30,32-38H,1,3-4,14-23H2,2,5H3;1H4;1H3;1H2/b2*11-10+;;;/t2*24-,27-,28+,29+,30+,32-,33?,34-,35-,36?;;;/m11.../s1. The van der Waals surface area contributed by atoms with Crippen LogP contribution in [0.25, 0.3) is 0 Å². The zero-order valence-electron chi connectivity index (χ0n) is 55.0. The van der Waals surface area contributed by atoms with E-state index in [4.69, 9.17) is 43.6 Å². The summed E-state index contributed by atoms with van der Waals surface area (Å²) >= 11 is 0. The molecule has 524 valence electrons. The molecule has 0 aliphatic carbocycles. The number of hydrogen-bond acceptors (Lipinski definition) is 17. The number of ether oxygens (including phenoxy) is 8. The number of nitrogens with two attached hydrogens (primary N) is 1. The first kappa shape index (κ1) is 81.1. The predicted octanol–water partition coefficient (Wildman–Crippen LogP) is 10.4. The molecule has 10 N–H and O–H groups in total. The van der Waals surface area contributed by atoms with Crippen molar-refractivity contribution in [1.82, 2.24) is 6.15 Å². The Morgan fingerprint density at radius 1 is 0.570 bits per heavy atom. The molecule has 8 rings (SSSR count). The molecule has 0 spiro atoms. The fourth-order valence-corrected chi connectivity index (χ4v) is 17.4. The van der Waals surface area contributed by atoms with Gasteiger partial charge in [-0.15, -0.1) is 13.2 Å². The van der Waals surface area contributed by atoms with Crippen molar-refractivity contribution in [3.05, 3.63) is 159 Å². The van der Waals surface area contributed by atoms with E-state index in [0.717, 1.165) is 73.7 Å². The molecule has 2 aromatic carbocycles. The van der Waals surface area contributed by atoms with Gasteiger partial charge in [0.15, 0.2) is 19.7 Å². The molecule has 6 aliphatic heterocycles. The first-order valence-corrected chi connectivity index (χ1v) is 35.9. The van der Waals surface area contributed by atoms with Crippen LogP contribution < -0.4 is 11.9 Å². The maximum atomic E-state index is 13.5. The highest BCUT2D eigenvalue weighted by Crippen LogP contribution is 2.45. The van der Waals surface area contributed by atoms with Gasteiger partial charge in [-0.2, -0.15) is 0 Å². The molecule has 6 saturated heterocycles. The molecule has 0 aromatic heterocycles. The molecular weight excluding hydrogens is 1220 g/mol. The second kappa shape index (κ2) is 39.2. The fourth-order valence-electron chi connectivity index (χ4n) is 13.8. The van der Waals surface area contributed by atoms with Crippen molar-refractivity contribution >= 4 is 19.7 Å². The van der Waals surface area contributed by atoms with Gasteiger partial charge in [0.1, 0.15) is 0 Å². The van der Waals surface area contributed by atoms with E-state index in [1.807, 2.05) is 44.2 Å². The van der Waals surface area contributed by atoms with Gasteiger partial charge in [-0.1, -0.05) is 134 Å². The van der Waals surface area contributed by atoms with Crippen LogP contribution in [-0.2, 0) is 57.6 Å². The maximum Gasteiger partial charge on any atom is 0.178 e. The average Bonchev–Trinajstić information content (AvgIpc) is 1.71. The van der Waals surface area contributed by atoms with Gasteiger partial charge in [0.05, 0.1) is 140 Å². The van der Waals surface area contributed by atoms with E-state index >= 15 is 0 Å². The molecule has 0 saturated carbocycles. The Balaban J connectivity index is 0.000000384. The van der Waals surface area contributed by atoms with Gasteiger partial charge in [0, 0.05) is 56.9 Å². The van der Waals surface area contributed by atoms with Crippen molar-refractivity contribution in [2.75, 3.05) is 51.1 Å². The van der Waals surface area contributed by atoms with E-state index in [-0.39, 0.29) is 158 Å². The monoisotopic (exact) mass is 1340 g/mol. The van der Waals surface area contributed by atoms with Crippen LogP contribution in [0.1, 0.15) is 112 Å². The summed E-state index contributed by atoms with van der Waals surface area (Å²) in [6.07, 6.45) is 16.1. The normalized spacial score (nSPS) is 32.1. The van der Waals surface area contributed by atoms with Crippen molar-refractivity contribution < 1.29 is 75.5 Å². The van der Waals surface area contributed by atoms with Crippen LogP contribution >= 0.6 is 0 Å². The zero-order valence-corrected chi connectivity index (χ0v) is 56.6. The second-order valence-electron chi connectivity index (χ2n) is 26.0. The predicted molar refractivity (Wildman–Crippen MR) is 368 cm³/mol. The van der Waals surface area contributed by atoms with Crippen molar-refractivity contribution in [1.29, 1.82) is 0 Å². The third-order valence-electron chi connectivity index (χ3n) is 19.2. The summed E-state index contributed by atoms with van der Waals surface area (Å²) in [7, 11) is -7.12. The highest BCUT2D eigenvalue weighted by molar-refractivity contribution is 7.91. The molecule has 0 amide bonds. The molecule has 20 atom stereocenters. The van der Waals surface area contributed by atoms with Crippen LogP contribution in [0.4, 0.5) is 0 Å².